The first kappa shape index (κ1) is 17.7. The maximum atomic E-state index is 12.5. The molecule has 0 radical (unpaired) electrons. The van der Waals surface area contributed by atoms with Crippen LogP contribution in [0.15, 0.2) is 29.3 Å². The van der Waals surface area contributed by atoms with Crippen LogP contribution in [0, 0.1) is 0 Å². The number of nitrogens with one attached hydrogen (secondary N) is 2. The molecule has 136 valence electrons. The normalized spacial score (nSPS) is 23.3. The van der Waals surface area contributed by atoms with Gasteiger partial charge in [0.2, 0.25) is 5.91 Å². The number of fused-ring (bicyclic) bond motifs is 1. The molecule has 2 aliphatic rings. The minimum atomic E-state index is -0.141. The van der Waals surface area contributed by atoms with Gasteiger partial charge in [0, 0.05) is 33.3 Å². The van der Waals surface area contributed by atoms with Gasteiger partial charge in [-0.1, -0.05) is 24.3 Å². The van der Waals surface area contributed by atoms with Gasteiger partial charge in [0.15, 0.2) is 5.96 Å². The van der Waals surface area contributed by atoms with Crippen LogP contribution in [-0.2, 0) is 22.5 Å². The van der Waals surface area contributed by atoms with Gasteiger partial charge in [-0.25, -0.2) is 0 Å². The lowest BCUT2D eigenvalue weighted by Gasteiger charge is -2.29. The standard InChI is InChI=1S/C19H28N4O2/c1-19(9-5-11-25-19)14-22-18(20-2)21-12-17(24)23-10-8-15-6-3-4-7-16(15)13-23/h3-4,6-7H,5,8-14H2,1-2H3,(H2,20,21,22). The van der Waals surface area contributed by atoms with Gasteiger partial charge in [-0.3, -0.25) is 9.79 Å². The van der Waals surface area contributed by atoms with Crippen LogP contribution in [0.2, 0.25) is 0 Å². The van der Waals surface area contributed by atoms with E-state index in [0.717, 1.165) is 32.4 Å². The number of amides is 1. The smallest absolute Gasteiger partial charge is 0.242 e. The van der Waals surface area contributed by atoms with Crippen molar-refractivity contribution in [3.05, 3.63) is 35.4 Å². The predicted octanol–water partition coefficient (Wildman–Crippen LogP) is 1.31. The Bertz CT molecular complexity index is 638. The molecule has 1 fully saturated rings. The summed E-state index contributed by atoms with van der Waals surface area (Å²) in [7, 11) is 1.72. The van der Waals surface area contributed by atoms with Crippen molar-refractivity contribution in [1.82, 2.24) is 15.5 Å². The van der Waals surface area contributed by atoms with Gasteiger partial charge < -0.3 is 20.3 Å². The third kappa shape index (κ3) is 4.51. The summed E-state index contributed by atoms with van der Waals surface area (Å²) in [6, 6.07) is 8.34. The molecular weight excluding hydrogens is 316 g/mol. The molecule has 0 spiro atoms. The molecule has 1 saturated heterocycles. The van der Waals surface area contributed by atoms with Gasteiger partial charge in [0.1, 0.15) is 0 Å². The van der Waals surface area contributed by atoms with Crippen molar-refractivity contribution in [3.8, 4) is 0 Å². The Kier molecular flexibility index (Phi) is 5.58. The van der Waals surface area contributed by atoms with Gasteiger partial charge in [-0.05, 0) is 37.3 Å². The first-order chi connectivity index (χ1) is 12.1. The number of hydrogen-bond donors (Lipinski definition) is 2. The third-order valence-electron chi connectivity index (χ3n) is 5.04. The van der Waals surface area contributed by atoms with Gasteiger partial charge in [0.05, 0.1) is 12.1 Å². The van der Waals surface area contributed by atoms with Crippen LogP contribution in [0.4, 0.5) is 0 Å². The lowest BCUT2D eigenvalue weighted by Crippen LogP contribution is -2.49. The van der Waals surface area contributed by atoms with Crippen LogP contribution in [0.5, 0.6) is 0 Å². The van der Waals surface area contributed by atoms with Crippen molar-refractivity contribution < 1.29 is 9.53 Å². The molecule has 2 N–H and O–H groups in total. The van der Waals surface area contributed by atoms with E-state index in [9.17, 15) is 4.79 Å². The quantitative estimate of drug-likeness (QED) is 0.638. The van der Waals surface area contributed by atoms with Crippen LogP contribution in [0.3, 0.4) is 0 Å². The average molecular weight is 344 g/mol. The lowest BCUT2D eigenvalue weighted by molar-refractivity contribution is -0.130. The second-order valence-electron chi connectivity index (χ2n) is 7.02. The first-order valence-corrected chi connectivity index (χ1v) is 9.03. The van der Waals surface area contributed by atoms with Crippen molar-refractivity contribution >= 4 is 11.9 Å². The maximum absolute atomic E-state index is 12.5. The van der Waals surface area contributed by atoms with Crippen LogP contribution in [0.1, 0.15) is 30.9 Å². The van der Waals surface area contributed by atoms with Crippen LogP contribution < -0.4 is 10.6 Å². The Morgan fingerprint density at radius 3 is 2.84 bits per heavy atom. The van der Waals surface area contributed by atoms with E-state index in [2.05, 4.69) is 40.7 Å². The number of rotatable bonds is 4. The number of hydrogen-bond acceptors (Lipinski definition) is 3. The number of carbonyl (C=O) groups is 1. The molecule has 1 unspecified atom stereocenters. The van der Waals surface area contributed by atoms with E-state index in [0.29, 0.717) is 19.0 Å². The molecule has 0 aromatic heterocycles. The monoisotopic (exact) mass is 344 g/mol. The largest absolute Gasteiger partial charge is 0.373 e. The number of benzene rings is 1. The van der Waals surface area contributed by atoms with Crippen molar-refractivity contribution in [2.75, 3.05) is 33.3 Å². The second kappa shape index (κ2) is 7.87. The highest BCUT2D eigenvalue weighted by Crippen LogP contribution is 2.23. The minimum absolute atomic E-state index is 0.0979. The van der Waals surface area contributed by atoms with Crippen molar-refractivity contribution in [1.29, 1.82) is 0 Å². The highest BCUT2D eigenvalue weighted by Gasteiger charge is 2.29. The minimum Gasteiger partial charge on any atom is -0.373 e. The molecule has 0 saturated carbocycles. The highest BCUT2D eigenvalue weighted by atomic mass is 16.5. The molecule has 6 heteroatoms. The van der Waals surface area contributed by atoms with Crippen LogP contribution in [0.25, 0.3) is 0 Å². The zero-order chi connectivity index (χ0) is 17.7. The van der Waals surface area contributed by atoms with Gasteiger partial charge in [0.25, 0.3) is 0 Å². The van der Waals surface area contributed by atoms with E-state index in [-0.39, 0.29) is 18.1 Å². The second-order valence-corrected chi connectivity index (χ2v) is 7.02. The molecule has 25 heavy (non-hydrogen) atoms. The first-order valence-electron chi connectivity index (χ1n) is 9.03. The fourth-order valence-corrected chi connectivity index (χ4v) is 3.45. The van der Waals surface area contributed by atoms with E-state index >= 15 is 0 Å². The SMILES string of the molecule is CN=C(NCC(=O)N1CCc2ccccc2C1)NCC1(C)CCCO1. The summed E-state index contributed by atoms with van der Waals surface area (Å²) in [5.74, 6) is 0.739. The molecule has 0 bridgehead atoms. The van der Waals surface area contributed by atoms with Crippen LogP contribution in [-0.4, -0.2) is 55.7 Å². The molecular formula is C19H28N4O2. The Balaban J connectivity index is 1.46. The number of nitrogens with zero attached hydrogens (tertiary/aromatic N) is 2. The molecule has 2 aliphatic heterocycles. The third-order valence-corrected chi connectivity index (χ3v) is 5.04. The number of ether oxygens (including phenoxy) is 1. The molecule has 1 atom stereocenters. The summed E-state index contributed by atoms with van der Waals surface area (Å²) in [6.07, 6.45) is 3.06. The summed E-state index contributed by atoms with van der Waals surface area (Å²) in [4.78, 5) is 18.6. The maximum Gasteiger partial charge on any atom is 0.242 e. The Hall–Kier alpha value is -2.08. The number of guanidine groups is 1. The van der Waals surface area contributed by atoms with Crippen molar-refractivity contribution in [2.45, 2.75) is 38.3 Å². The van der Waals surface area contributed by atoms with E-state index in [4.69, 9.17) is 4.74 Å². The van der Waals surface area contributed by atoms with Crippen LogP contribution >= 0.6 is 0 Å². The molecule has 0 aliphatic carbocycles. The van der Waals surface area contributed by atoms with E-state index in [1.807, 2.05) is 11.0 Å². The summed E-state index contributed by atoms with van der Waals surface area (Å²) in [5, 5.41) is 6.39. The van der Waals surface area contributed by atoms with Gasteiger partial charge >= 0.3 is 0 Å². The summed E-state index contributed by atoms with van der Waals surface area (Å²) in [5.41, 5.74) is 2.45. The van der Waals surface area contributed by atoms with Crippen molar-refractivity contribution in [3.63, 3.8) is 0 Å². The Morgan fingerprint density at radius 1 is 1.32 bits per heavy atom. The zero-order valence-corrected chi connectivity index (χ0v) is 15.2. The molecule has 1 amide bonds. The molecule has 1 aromatic carbocycles. The number of aliphatic imine (C=N–C) groups is 1. The topological polar surface area (TPSA) is 66.0 Å². The summed E-state index contributed by atoms with van der Waals surface area (Å²) in [6.45, 7) is 5.33. The van der Waals surface area contributed by atoms with Gasteiger partial charge in [-0.15, -0.1) is 0 Å². The highest BCUT2D eigenvalue weighted by molar-refractivity contribution is 5.86. The Labute approximate surface area is 149 Å². The van der Waals surface area contributed by atoms with E-state index < -0.39 is 0 Å². The van der Waals surface area contributed by atoms with E-state index in [1.165, 1.54) is 11.1 Å². The predicted molar refractivity (Wildman–Crippen MR) is 98.5 cm³/mol. The zero-order valence-electron chi connectivity index (χ0n) is 15.2. The van der Waals surface area contributed by atoms with E-state index in [1.54, 1.807) is 7.05 Å². The lowest BCUT2D eigenvalue weighted by atomic mass is 10.00. The molecule has 6 nitrogen and oxygen atoms in total. The molecule has 2 heterocycles. The average Bonchev–Trinajstić information content (AvgIpc) is 3.08. The summed E-state index contributed by atoms with van der Waals surface area (Å²) < 4.78 is 5.77. The fraction of sp³-hybridized carbons (Fsp3) is 0.579. The van der Waals surface area contributed by atoms with Crippen molar-refractivity contribution in [2.24, 2.45) is 4.99 Å². The summed E-state index contributed by atoms with van der Waals surface area (Å²) >= 11 is 0. The molecule has 3 rings (SSSR count). The molecule has 1 aromatic rings. The Morgan fingerprint density at radius 2 is 2.12 bits per heavy atom. The fourth-order valence-electron chi connectivity index (χ4n) is 3.45. The number of carbonyl (C=O) groups excluding carboxylic acids is 1. The van der Waals surface area contributed by atoms with Gasteiger partial charge in [-0.2, -0.15) is 0 Å².